The quantitative estimate of drug-likeness (QED) is 0.871. The van der Waals surface area contributed by atoms with Crippen LogP contribution in [0.4, 0.5) is 0 Å². The van der Waals surface area contributed by atoms with Gasteiger partial charge < -0.3 is 9.84 Å². The van der Waals surface area contributed by atoms with Crippen molar-refractivity contribution in [3.63, 3.8) is 0 Å². The van der Waals surface area contributed by atoms with Gasteiger partial charge in [-0.15, -0.1) is 0 Å². The zero-order valence-corrected chi connectivity index (χ0v) is 12.0. The van der Waals surface area contributed by atoms with E-state index in [9.17, 15) is 0 Å². The number of rotatable bonds is 5. The Labute approximate surface area is 110 Å². The largest absolute Gasteiger partial charge is 0.361 e. The predicted molar refractivity (Wildman–Crippen MR) is 72.3 cm³/mol. The maximum Gasteiger partial charge on any atom is 0.142 e. The standard InChI is InChI=1S/C14H25N3O/c1-10(2)8-17-6-5-14-12(9-17)13(16-18-14)7-15-11(3)4/h10-11,15H,5-9H2,1-4H3. The topological polar surface area (TPSA) is 41.3 Å². The Morgan fingerprint density at radius 1 is 1.33 bits per heavy atom. The van der Waals surface area contributed by atoms with Crippen molar-refractivity contribution in [3.8, 4) is 0 Å². The molecule has 0 atom stereocenters. The van der Waals surface area contributed by atoms with Gasteiger partial charge in [-0.1, -0.05) is 32.9 Å². The second-order valence-corrected chi connectivity index (χ2v) is 5.95. The lowest BCUT2D eigenvalue weighted by atomic mass is 10.0. The van der Waals surface area contributed by atoms with E-state index in [0.717, 1.165) is 44.1 Å². The van der Waals surface area contributed by atoms with Crippen LogP contribution in [-0.4, -0.2) is 29.2 Å². The summed E-state index contributed by atoms with van der Waals surface area (Å²) < 4.78 is 5.46. The SMILES string of the molecule is CC(C)CN1CCc2onc(CNC(C)C)c2C1. The molecule has 1 aliphatic rings. The fourth-order valence-corrected chi connectivity index (χ4v) is 2.43. The van der Waals surface area contributed by atoms with Crippen molar-refractivity contribution in [3.05, 3.63) is 17.0 Å². The summed E-state index contributed by atoms with van der Waals surface area (Å²) in [4.78, 5) is 2.50. The van der Waals surface area contributed by atoms with Crippen molar-refractivity contribution in [1.82, 2.24) is 15.4 Å². The van der Waals surface area contributed by atoms with Crippen molar-refractivity contribution in [2.75, 3.05) is 13.1 Å². The molecular formula is C14H25N3O. The van der Waals surface area contributed by atoms with Gasteiger partial charge in [0, 0.05) is 44.2 Å². The highest BCUT2D eigenvalue weighted by molar-refractivity contribution is 5.25. The fraction of sp³-hybridized carbons (Fsp3) is 0.786. The van der Waals surface area contributed by atoms with E-state index >= 15 is 0 Å². The second kappa shape index (κ2) is 5.85. The van der Waals surface area contributed by atoms with Gasteiger partial charge in [-0.3, -0.25) is 4.90 Å². The van der Waals surface area contributed by atoms with E-state index in [0.29, 0.717) is 12.0 Å². The van der Waals surface area contributed by atoms with Gasteiger partial charge in [-0.2, -0.15) is 0 Å². The number of hydrogen-bond donors (Lipinski definition) is 1. The van der Waals surface area contributed by atoms with Gasteiger partial charge in [0.25, 0.3) is 0 Å². The first-order chi connectivity index (χ1) is 8.56. The average molecular weight is 251 g/mol. The maximum atomic E-state index is 5.46. The molecule has 102 valence electrons. The lowest BCUT2D eigenvalue weighted by molar-refractivity contribution is 0.213. The van der Waals surface area contributed by atoms with Gasteiger partial charge >= 0.3 is 0 Å². The first-order valence-electron chi connectivity index (χ1n) is 6.98. The third kappa shape index (κ3) is 3.33. The Bertz CT molecular complexity index is 384. The third-order valence-corrected chi connectivity index (χ3v) is 3.29. The normalized spacial score (nSPS) is 16.6. The highest BCUT2D eigenvalue weighted by Gasteiger charge is 2.24. The minimum atomic E-state index is 0.479. The lowest BCUT2D eigenvalue weighted by Gasteiger charge is -2.27. The highest BCUT2D eigenvalue weighted by atomic mass is 16.5. The molecule has 2 heterocycles. The smallest absolute Gasteiger partial charge is 0.142 e. The summed E-state index contributed by atoms with van der Waals surface area (Å²) in [6, 6.07) is 0.479. The molecule has 0 radical (unpaired) electrons. The van der Waals surface area contributed by atoms with Crippen LogP contribution in [0.3, 0.4) is 0 Å². The number of aromatic nitrogens is 1. The van der Waals surface area contributed by atoms with Crippen molar-refractivity contribution >= 4 is 0 Å². The Kier molecular flexibility index (Phi) is 4.40. The van der Waals surface area contributed by atoms with Crippen LogP contribution < -0.4 is 5.32 Å². The first kappa shape index (κ1) is 13.6. The van der Waals surface area contributed by atoms with Crippen LogP contribution in [0.2, 0.25) is 0 Å². The molecule has 0 spiro atoms. The molecule has 1 N–H and O–H groups in total. The van der Waals surface area contributed by atoms with E-state index in [1.165, 1.54) is 5.56 Å². The number of nitrogens with zero attached hydrogens (tertiary/aromatic N) is 2. The van der Waals surface area contributed by atoms with E-state index < -0.39 is 0 Å². The van der Waals surface area contributed by atoms with E-state index in [1.807, 2.05) is 0 Å². The van der Waals surface area contributed by atoms with E-state index in [-0.39, 0.29) is 0 Å². The van der Waals surface area contributed by atoms with E-state index in [2.05, 4.69) is 43.1 Å². The second-order valence-electron chi connectivity index (χ2n) is 5.95. The molecule has 4 nitrogen and oxygen atoms in total. The molecule has 4 heteroatoms. The van der Waals surface area contributed by atoms with E-state index in [1.54, 1.807) is 0 Å². The van der Waals surface area contributed by atoms with Gasteiger partial charge in [0.1, 0.15) is 11.5 Å². The van der Waals surface area contributed by atoms with Crippen LogP contribution in [0.25, 0.3) is 0 Å². The van der Waals surface area contributed by atoms with E-state index in [4.69, 9.17) is 4.52 Å². The number of hydrogen-bond acceptors (Lipinski definition) is 4. The summed E-state index contributed by atoms with van der Waals surface area (Å²) in [6.07, 6.45) is 0.997. The molecule has 1 aromatic rings. The minimum absolute atomic E-state index is 0.479. The van der Waals surface area contributed by atoms with Crippen molar-refractivity contribution in [1.29, 1.82) is 0 Å². The molecule has 2 rings (SSSR count). The van der Waals surface area contributed by atoms with Gasteiger partial charge in [0.2, 0.25) is 0 Å². The van der Waals surface area contributed by atoms with Crippen LogP contribution in [0.5, 0.6) is 0 Å². The molecule has 18 heavy (non-hydrogen) atoms. The van der Waals surface area contributed by atoms with Crippen LogP contribution in [0, 0.1) is 5.92 Å². The maximum absolute atomic E-state index is 5.46. The molecular weight excluding hydrogens is 226 g/mol. The molecule has 0 saturated heterocycles. The van der Waals surface area contributed by atoms with Crippen molar-refractivity contribution in [2.24, 2.45) is 5.92 Å². The minimum Gasteiger partial charge on any atom is -0.361 e. The molecule has 1 aromatic heterocycles. The van der Waals surface area contributed by atoms with Gasteiger partial charge in [-0.05, 0) is 5.92 Å². The summed E-state index contributed by atoms with van der Waals surface area (Å²) >= 11 is 0. The van der Waals surface area contributed by atoms with Crippen LogP contribution in [0.1, 0.15) is 44.7 Å². The number of nitrogens with one attached hydrogen (secondary N) is 1. The summed E-state index contributed by atoms with van der Waals surface area (Å²) in [7, 11) is 0. The molecule has 0 saturated carbocycles. The van der Waals surface area contributed by atoms with Gasteiger partial charge in [0.15, 0.2) is 0 Å². The van der Waals surface area contributed by atoms with Crippen LogP contribution in [0.15, 0.2) is 4.52 Å². The van der Waals surface area contributed by atoms with Crippen LogP contribution >= 0.6 is 0 Å². The number of fused-ring (bicyclic) bond motifs is 1. The van der Waals surface area contributed by atoms with Crippen molar-refractivity contribution < 1.29 is 4.52 Å². The predicted octanol–water partition coefficient (Wildman–Crippen LogP) is 2.19. The molecule has 0 fully saturated rings. The molecule has 0 bridgehead atoms. The highest BCUT2D eigenvalue weighted by Crippen LogP contribution is 2.23. The summed E-state index contributed by atoms with van der Waals surface area (Å²) in [6.45, 7) is 12.9. The molecule has 0 aliphatic carbocycles. The third-order valence-electron chi connectivity index (χ3n) is 3.29. The first-order valence-corrected chi connectivity index (χ1v) is 6.98. The Balaban J connectivity index is 2.02. The van der Waals surface area contributed by atoms with Gasteiger partial charge in [-0.25, -0.2) is 0 Å². The molecule has 0 amide bonds. The zero-order valence-electron chi connectivity index (χ0n) is 12.0. The zero-order chi connectivity index (χ0) is 13.1. The summed E-state index contributed by atoms with van der Waals surface area (Å²) in [5.41, 5.74) is 2.40. The Morgan fingerprint density at radius 3 is 2.78 bits per heavy atom. The Morgan fingerprint density at radius 2 is 2.11 bits per heavy atom. The fourth-order valence-electron chi connectivity index (χ4n) is 2.43. The molecule has 1 aliphatic heterocycles. The van der Waals surface area contributed by atoms with Crippen molar-refractivity contribution in [2.45, 2.75) is 53.2 Å². The molecule has 0 aromatic carbocycles. The Hall–Kier alpha value is -0.870. The monoisotopic (exact) mass is 251 g/mol. The summed E-state index contributed by atoms with van der Waals surface area (Å²) in [5.74, 6) is 1.80. The van der Waals surface area contributed by atoms with Crippen LogP contribution in [-0.2, 0) is 19.5 Å². The van der Waals surface area contributed by atoms with Gasteiger partial charge in [0.05, 0.1) is 0 Å². The summed E-state index contributed by atoms with van der Waals surface area (Å²) in [5, 5.41) is 7.63. The molecule has 0 unspecified atom stereocenters. The lowest BCUT2D eigenvalue weighted by Crippen LogP contribution is -2.33. The average Bonchev–Trinajstić information content (AvgIpc) is 2.68.